The number of nitrogens with one attached hydrogen (secondary N) is 1. The highest BCUT2D eigenvalue weighted by Crippen LogP contribution is 2.16. The molecule has 0 bridgehead atoms. The number of hydrogen-bond acceptors (Lipinski definition) is 3. The van der Waals surface area contributed by atoms with E-state index in [1.807, 2.05) is 0 Å². The van der Waals surface area contributed by atoms with Crippen LogP contribution in [-0.4, -0.2) is 36.9 Å². The second-order valence-electron chi connectivity index (χ2n) is 4.57. The Hall–Kier alpha value is -0.610. The highest BCUT2D eigenvalue weighted by Gasteiger charge is 2.27. The van der Waals surface area contributed by atoms with Gasteiger partial charge in [-0.2, -0.15) is 0 Å². The van der Waals surface area contributed by atoms with Crippen molar-refractivity contribution in [2.24, 2.45) is 11.8 Å². The van der Waals surface area contributed by atoms with Crippen molar-refractivity contribution in [3.05, 3.63) is 0 Å². The van der Waals surface area contributed by atoms with Gasteiger partial charge in [0.1, 0.15) is 0 Å². The first kappa shape index (κ1) is 13.5. The molecule has 0 aromatic heterocycles. The maximum absolute atomic E-state index is 10.9. The van der Waals surface area contributed by atoms with E-state index in [9.17, 15) is 4.79 Å². The fourth-order valence-electron chi connectivity index (χ4n) is 2.01. The lowest BCUT2D eigenvalue weighted by atomic mass is 9.97. The van der Waals surface area contributed by atoms with Crippen molar-refractivity contribution < 1.29 is 14.6 Å². The fraction of sp³-hybridized carbons (Fsp3) is 0.917. The number of hydrogen-bond donors (Lipinski definition) is 2. The standard InChI is InChI=1S/C12H23NO3/c1-3-9(4-2)8-16-11-5-10(12(14)15)6-13-7-11/h9-11,13H,3-8H2,1-2H3,(H,14,15). The molecule has 1 heterocycles. The quantitative estimate of drug-likeness (QED) is 0.724. The van der Waals surface area contributed by atoms with Crippen LogP contribution in [0.2, 0.25) is 0 Å². The molecule has 0 saturated carbocycles. The molecule has 1 fully saturated rings. The number of carboxylic acid groups (broad SMARTS) is 1. The Kier molecular flexibility index (Phi) is 5.77. The number of carbonyl (C=O) groups is 1. The Bertz CT molecular complexity index is 216. The van der Waals surface area contributed by atoms with Gasteiger partial charge >= 0.3 is 5.97 Å². The van der Waals surface area contributed by atoms with Crippen molar-refractivity contribution in [2.75, 3.05) is 19.7 Å². The van der Waals surface area contributed by atoms with Gasteiger partial charge in [0.15, 0.2) is 0 Å². The summed E-state index contributed by atoms with van der Waals surface area (Å²) in [6.07, 6.45) is 2.95. The molecule has 0 aromatic carbocycles. The molecule has 2 unspecified atom stereocenters. The van der Waals surface area contributed by atoms with E-state index >= 15 is 0 Å². The Morgan fingerprint density at radius 3 is 2.69 bits per heavy atom. The summed E-state index contributed by atoms with van der Waals surface area (Å²) < 4.78 is 5.78. The summed E-state index contributed by atoms with van der Waals surface area (Å²) in [7, 11) is 0. The van der Waals surface area contributed by atoms with Crippen LogP contribution in [0, 0.1) is 11.8 Å². The summed E-state index contributed by atoms with van der Waals surface area (Å²) in [5.41, 5.74) is 0. The normalized spacial score (nSPS) is 25.9. The number of aliphatic carboxylic acids is 1. The van der Waals surface area contributed by atoms with Crippen LogP contribution in [0.15, 0.2) is 0 Å². The molecule has 1 saturated heterocycles. The largest absolute Gasteiger partial charge is 0.481 e. The molecular weight excluding hydrogens is 206 g/mol. The van der Waals surface area contributed by atoms with E-state index in [2.05, 4.69) is 19.2 Å². The number of carboxylic acids is 1. The third-order valence-corrected chi connectivity index (χ3v) is 3.38. The molecule has 1 aliphatic heterocycles. The number of piperidine rings is 1. The van der Waals surface area contributed by atoms with Crippen LogP contribution in [0.4, 0.5) is 0 Å². The molecule has 2 N–H and O–H groups in total. The zero-order chi connectivity index (χ0) is 12.0. The van der Waals surface area contributed by atoms with Crippen molar-refractivity contribution in [3.63, 3.8) is 0 Å². The van der Waals surface area contributed by atoms with Gasteiger partial charge < -0.3 is 15.2 Å². The maximum atomic E-state index is 10.9. The Balaban J connectivity index is 2.29. The third kappa shape index (κ3) is 4.10. The molecule has 0 spiro atoms. The smallest absolute Gasteiger partial charge is 0.307 e. The number of ether oxygens (including phenoxy) is 1. The van der Waals surface area contributed by atoms with E-state index in [0.717, 1.165) is 26.0 Å². The van der Waals surface area contributed by atoms with Crippen LogP contribution in [0.1, 0.15) is 33.1 Å². The monoisotopic (exact) mass is 229 g/mol. The van der Waals surface area contributed by atoms with Crippen LogP contribution >= 0.6 is 0 Å². The first-order valence-electron chi connectivity index (χ1n) is 6.22. The predicted molar refractivity (Wildman–Crippen MR) is 62.4 cm³/mol. The summed E-state index contributed by atoms with van der Waals surface area (Å²) in [5, 5.41) is 12.1. The van der Waals surface area contributed by atoms with Crippen molar-refractivity contribution in [2.45, 2.75) is 39.2 Å². The molecule has 4 heteroatoms. The Labute approximate surface area is 97.4 Å². The summed E-state index contributed by atoms with van der Waals surface area (Å²) >= 11 is 0. The van der Waals surface area contributed by atoms with Crippen molar-refractivity contribution >= 4 is 5.97 Å². The minimum atomic E-state index is -0.719. The Morgan fingerprint density at radius 2 is 2.12 bits per heavy atom. The van der Waals surface area contributed by atoms with E-state index in [4.69, 9.17) is 9.84 Å². The lowest BCUT2D eigenvalue weighted by Gasteiger charge is -2.28. The molecule has 0 aliphatic carbocycles. The van der Waals surface area contributed by atoms with Gasteiger partial charge in [-0.3, -0.25) is 4.79 Å². The summed E-state index contributed by atoms with van der Waals surface area (Å²) in [6.45, 7) is 6.43. The topological polar surface area (TPSA) is 58.6 Å². The van der Waals surface area contributed by atoms with E-state index in [-0.39, 0.29) is 12.0 Å². The molecule has 4 nitrogen and oxygen atoms in total. The minimum absolute atomic E-state index is 0.0652. The lowest BCUT2D eigenvalue weighted by Crippen LogP contribution is -2.44. The predicted octanol–water partition coefficient (Wildman–Crippen LogP) is 1.50. The first-order chi connectivity index (χ1) is 7.67. The average Bonchev–Trinajstić information content (AvgIpc) is 2.31. The van der Waals surface area contributed by atoms with Crippen molar-refractivity contribution in [1.82, 2.24) is 5.32 Å². The Morgan fingerprint density at radius 1 is 1.44 bits per heavy atom. The van der Waals surface area contributed by atoms with E-state index in [1.165, 1.54) is 0 Å². The zero-order valence-corrected chi connectivity index (χ0v) is 10.2. The third-order valence-electron chi connectivity index (χ3n) is 3.38. The average molecular weight is 229 g/mol. The maximum Gasteiger partial charge on any atom is 0.307 e. The fourth-order valence-corrected chi connectivity index (χ4v) is 2.01. The lowest BCUT2D eigenvalue weighted by molar-refractivity contribution is -0.144. The molecule has 0 radical (unpaired) electrons. The van der Waals surface area contributed by atoms with E-state index in [1.54, 1.807) is 0 Å². The van der Waals surface area contributed by atoms with Gasteiger partial charge in [-0.15, -0.1) is 0 Å². The van der Waals surface area contributed by atoms with Gasteiger partial charge in [0.05, 0.1) is 12.0 Å². The van der Waals surface area contributed by atoms with Crippen LogP contribution in [0.3, 0.4) is 0 Å². The molecule has 94 valence electrons. The molecular formula is C12H23NO3. The van der Waals surface area contributed by atoms with Gasteiger partial charge in [-0.25, -0.2) is 0 Å². The van der Waals surface area contributed by atoms with Crippen LogP contribution in [-0.2, 0) is 9.53 Å². The van der Waals surface area contributed by atoms with Gasteiger partial charge in [-0.05, 0) is 12.3 Å². The van der Waals surface area contributed by atoms with Crippen molar-refractivity contribution in [1.29, 1.82) is 0 Å². The molecule has 0 amide bonds. The van der Waals surface area contributed by atoms with Crippen molar-refractivity contribution in [3.8, 4) is 0 Å². The minimum Gasteiger partial charge on any atom is -0.481 e. The molecule has 0 aromatic rings. The molecule has 16 heavy (non-hydrogen) atoms. The summed E-state index contributed by atoms with van der Waals surface area (Å²) in [4.78, 5) is 10.9. The second kappa shape index (κ2) is 6.86. The summed E-state index contributed by atoms with van der Waals surface area (Å²) in [6, 6.07) is 0. The SMILES string of the molecule is CCC(CC)COC1CNCC(C(=O)O)C1. The molecule has 1 rings (SSSR count). The number of rotatable bonds is 6. The molecule has 2 atom stereocenters. The van der Waals surface area contributed by atoms with Crippen LogP contribution < -0.4 is 5.32 Å². The second-order valence-corrected chi connectivity index (χ2v) is 4.57. The van der Waals surface area contributed by atoms with Gasteiger partial charge in [0.2, 0.25) is 0 Å². The highest BCUT2D eigenvalue weighted by molar-refractivity contribution is 5.70. The van der Waals surface area contributed by atoms with Crippen LogP contribution in [0.25, 0.3) is 0 Å². The first-order valence-corrected chi connectivity index (χ1v) is 6.22. The van der Waals surface area contributed by atoms with Gasteiger partial charge in [0.25, 0.3) is 0 Å². The molecule has 1 aliphatic rings. The van der Waals surface area contributed by atoms with Gasteiger partial charge in [-0.1, -0.05) is 26.7 Å². The van der Waals surface area contributed by atoms with E-state index in [0.29, 0.717) is 18.9 Å². The van der Waals surface area contributed by atoms with Gasteiger partial charge in [0, 0.05) is 19.7 Å². The van der Waals surface area contributed by atoms with E-state index < -0.39 is 5.97 Å². The van der Waals surface area contributed by atoms with Crippen LogP contribution in [0.5, 0.6) is 0 Å². The highest BCUT2D eigenvalue weighted by atomic mass is 16.5. The zero-order valence-electron chi connectivity index (χ0n) is 10.2. The summed E-state index contributed by atoms with van der Waals surface area (Å²) in [5.74, 6) is -0.408.